The van der Waals surface area contributed by atoms with E-state index in [0.717, 1.165) is 23.1 Å². The molecule has 0 unspecified atom stereocenters. The minimum absolute atomic E-state index is 0.271. The van der Waals surface area contributed by atoms with Crippen LogP contribution >= 0.6 is 11.6 Å². The number of rotatable bonds is 5. The highest BCUT2D eigenvalue weighted by Gasteiger charge is 2.16. The molecule has 2 rings (SSSR count). The summed E-state index contributed by atoms with van der Waals surface area (Å²) in [4.78, 5) is 4.44. The topological polar surface area (TPSA) is 81.8 Å². The molecule has 2 aromatic heterocycles. The molecule has 0 aromatic carbocycles. The highest BCUT2D eigenvalue weighted by Crippen LogP contribution is 2.19. The highest BCUT2D eigenvalue weighted by atomic mass is 35.5. The maximum Gasteiger partial charge on any atom is 0.208 e. The number of imidazole rings is 1. The summed E-state index contributed by atoms with van der Waals surface area (Å²) in [7, 11) is -1.37. The van der Waals surface area contributed by atoms with E-state index in [1.807, 2.05) is 18.5 Å². The van der Waals surface area contributed by atoms with Crippen LogP contribution in [0.25, 0.3) is 11.2 Å². The second kappa shape index (κ2) is 5.10. The Hall–Kier alpha value is -1.12. The number of hydrogen-bond acceptors (Lipinski definition) is 4. The van der Waals surface area contributed by atoms with Gasteiger partial charge in [-0.2, -0.15) is 5.10 Å². The number of hydrogen-bond donors (Lipinski definition) is 1. The van der Waals surface area contributed by atoms with Crippen molar-refractivity contribution in [3.8, 4) is 0 Å². The average Bonchev–Trinajstić information content (AvgIpc) is 2.77. The van der Waals surface area contributed by atoms with Gasteiger partial charge in [0.05, 0.1) is 17.8 Å². The molecule has 19 heavy (non-hydrogen) atoms. The van der Waals surface area contributed by atoms with Crippen molar-refractivity contribution in [3.63, 3.8) is 0 Å². The number of nitrogens with zero attached hydrogens (tertiary/aromatic N) is 4. The molecule has 0 aliphatic rings. The van der Waals surface area contributed by atoms with Crippen LogP contribution in [0, 0.1) is 6.92 Å². The van der Waals surface area contributed by atoms with Gasteiger partial charge in [-0.1, -0.05) is 0 Å². The number of alkyl halides is 1. The monoisotopic (exact) mass is 305 g/mol. The number of fused-ring (bicyclic) bond motifs is 1. The zero-order valence-corrected chi connectivity index (χ0v) is 12.6. The van der Waals surface area contributed by atoms with Crippen LogP contribution in [-0.4, -0.2) is 40.5 Å². The second-order valence-corrected chi connectivity index (χ2v) is 6.46. The maximum absolute atomic E-state index is 11.1. The Balaban J connectivity index is 2.35. The van der Waals surface area contributed by atoms with Gasteiger partial charge in [0, 0.05) is 20.1 Å². The predicted octanol–water partition coefficient (Wildman–Crippen LogP) is 0.366. The Morgan fingerprint density at radius 3 is 2.68 bits per heavy atom. The molecule has 0 amide bonds. The van der Waals surface area contributed by atoms with Crippen molar-refractivity contribution in [2.24, 2.45) is 7.05 Å². The van der Waals surface area contributed by atoms with Crippen molar-refractivity contribution >= 4 is 32.8 Å². The molecule has 7 nitrogen and oxygen atoms in total. The van der Waals surface area contributed by atoms with Gasteiger partial charge in [-0.3, -0.25) is 4.68 Å². The molecule has 9 heteroatoms. The SMILES string of the molecule is Cc1nn(C)c2c1nc(CCl)n2CCNS(C)(=O)=O. The highest BCUT2D eigenvalue weighted by molar-refractivity contribution is 7.88. The summed E-state index contributed by atoms with van der Waals surface area (Å²) >= 11 is 5.88. The molecule has 2 aromatic rings. The van der Waals surface area contributed by atoms with Crippen LogP contribution in [0.15, 0.2) is 0 Å². The maximum atomic E-state index is 11.1. The van der Waals surface area contributed by atoms with Crippen molar-refractivity contribution in [1.29, 1.82) is 0 Å². The van der Waals surface area contributed by atoms with Gasteiger partial charge in [-0.15, -0.1) is 11.6 Å². The zero-order valence-electron chi connectivity index (χ0n) is 11.0. The lowest BCUT2D eigenvalue weighted by Gasteiger charge is -2.08. The summed E-state index contributed by atoms with van der Waals surface area (Å²) in [5, 5.41) is 4.29. The first kappa shape index (κ1) is 14.3. The third-order valence-electron chi connectivity index (χ3n) is 2.79. The minimum atomic E-state index is -3.19. The molecular formula is C10H16ClN5O2S. The van der Waals surface area contributed by atoms with E-state index in [2.05, 4.69) is 14.8 Å². The van der Waals surface area contributed by atoms with Crippen LogP contribution in [0.2, 0.25) is 0 Å². The van der Waals surface area contributed by atoms with Crippen molar-refractivity contribution in [2.75, 3.05) is 12.8 Å². The molecule has 0 fully saturated rings. The summed E-state index contributed by atoms with van der Waals surface area (Å²) in [6.07, 6.45) is 1.13. The standard InChI is InChI=1S/C10H16ClN5O2S/c1-7-9-10(15(2)14-7)16(8(6-11)13-9)5-4-12-19(3,17)18/h12H,4-6H2,1-3H3. The molecule has 0 spiro atoms. The largest absolute Gasteiger partial charge is 0.311 e. The van der Waals surface area contributed by atoms with Gasteiger partial charge in [0.1, 0.15) is 11.3 Å². The first-order chi connectivity index (χ1) is 8.83. The van der Waals surface area contributed by atoms with E-state index in [-0.39, 0.29) is 5.88 Å². The first-order valence-corrected chi connectivity index (χ1v) is 8.15. The van der Waals surface area contributed by atoms with Crippen LogP contribution in [0.4, 0.5) is 0 Å². The summed E-state index contributed by atoms with van der Waals surface area (Å²) in [5.41, 5.74) is 2.49. The number of nitrogens with one attached hydrogen (secondary N) is 1. The van der Waals surface area contributed by atoms with Gasteiger partial charge in [-0.05, 0) is 6.92 Å². The minimum Gasteiger partial charge on any atom is -0.311 e. The average molecular weight is 306 g/mol. The van der Waals surface area contributed by atoms with E-state index in [9.17, 15) is 8.42 Å². The second-order valence-electron chi connectivity index (χ2n) is 4.36. The van der Waals surface area contributed by atoms with E-state index >= 15 is 0 Å². The third kappa shape index (κ3) is 2.90. The number of aromatic nitrogens is 4. The number of halogens is 1. The Labute approximate surface area is 116 Å². The molecule has 0 radical (unpaired) electrons. The van der Waals surface area contributed by atoms with E-state index in [4.69, 9.17) is 11.6 Å². The molecular weight excluding hydrogens is 290 g/mol. The summed E-state index contributed by atoms with van der Waals surface area (Å²) in [6.45, 7) is 2.63. The van der Waals surface area contributed by atoms with Crippen LogP contribution in [0.3, 0.4) is 0 Å². The van der Waals surface area contributed by atoms with E-state index < -0.39 is 10.0 Å². The first-order valence-electron chi connectivity index (χ1n) is 5.73. The van der Waals surface area contributed by atoms with Crippen LogP contribution in [0.5, 0.6) is 0 Å². The Morgan fingerprint density at radius 1 is 1.42 bits per heavy atom. The fourth-order valence-electron chi connectivity index (χ4n) is 2.06. The Bertz CT molecular complexity index is 703. The van der Waals surface area contributed by atoms with Gasteiger partial charge >= 0.3 is 0 Å². The summed E-state index contributed by atoms with van der Waals surface area (Å²) < 4.78 is 28.2. The molecule has 0 atom stereocenters. The van der Waals surface area contributed by atoms with E-state index in [0.29, 0.717) is 18.9 Å². The predicted molar refractivity (Wildman–Crippen MR) is 73.6 cm³/mol. The van der Waals surface area contributed by atoms with E-state index in [1.54, 1.807) is 4.68 Å². The fourth-order valence-corrected chi connectivity index (χ4v) is 2.73. The molecule has 0 aliphatic heterocycles. The molecule has 0 bridgehead atoms. The van der Waals surface area contributed by atoms with Crippen molar-refractivity contribution in [1.82, 2.24) is 24.1 Å². The number of aryl methyl sites for hydroxylation is 2. The van der Waals surface area contributed by atoms with Gasteiger partial charge < -0.3 is 4.57 Å². The lowest BCUT2D eigenvalue weighted by molar-refractivity contribution is 0.576. The van der Waals surface area contributed by atoms with Gasteiger partial charge in [0.15, 0.2) is 5.65 Å². The molecule has 0 aliphatic carbocycles. The molecule has 2 heterocycles. The zero-order chi connectivity index (χ0) is 14.2. The molecule has 1 N–H and O–H groups in total. The lowest BCUT2D eigenvalue weighted by Crippen LogP contribution is -2.26. The normalized spacial score (nSPS) is 12.4. The molecule has 106 valence electrons. The van der Waals surface area contributed by atoms with Crippen LogP contribution in [-0.2, 0) is 29.5 Å². The van der Waals surface area contributed by atoms with Crippen LogP contribution < -0.4 is 4.72 Å². The van der Waals surface area contributed by atoms with Crippen molar-refractivity contribution in [2.45, 2.75) is 19.3 Å². The Morgan fingerprint density at radius 2 is 2.11 bits per heavy atom. The summed E-state index contributed by atoms with van der Waals surface area (Å²) in [6, 6.07) is 0. The van der Waals surface area contributed by atoms with Gasteiger partial charge in [0.2, 0.25) is 10.0 Å². The van der Waals surface area contributed by atoms with Crippen molar-refractivity contribution < 1.29 is 8.42 Å². The lowest BCUT2D eigenvalue weighted by atomic mass is 10.4. The Kier molecular flexibility index (Phi) is 3.84. The third-order valence-corrected chi connectivity index (χ3v) is 3.76. The number of sulfonamides is 1. The fraction of sp³-hybridized carbons (Fsp3) is 0.600. The quantitative estimate of drug-likeness (QED) is 0.809. The van der Waals surface area contributed by atoms with E-state index in [1.165, 1.54) is 0 Å². The molecule has 0 saturated carbocycles. The van der Waals surface area contributed by atoms with Gasteiger partial charge in [-0.25, -0.2) is 18.1 Å². The van der Waals surface area contributed by atoms with Crippen LogP contribution in [0.1, 0.15) is 11.5 Å². The smallest absolute Gasteiger partial charge is 0.208 e. The van der Waals surface area contributed by atoms with Crippen molar-refractivity contribution in [3.05, 3.63) is 11.5 Å². The molecule has 0 saturated heterocycles. The van der Waals surface area contributed by atoms with Gasteiger partial charge in [0.25, 0.3) is 0 Å². The summed E-state index contributed by atoms with van der Waals surface area (Å²) in [5.74, 6) is 0.982.